The van der Waals surface area contributed by atoms with E-state index in [0.717, 1.165) is 38.4 Å². The number of morpholine rings is 1. The van der Waals surface area contributed by atoms with Gasteiger partial charge in [-0.15, -0.1) is 0 Å². The summed E-state index contributed by atoms with van der Waals surface area (Å²) in [6.07, 6.45) is 4.81. The molecule has 0 bridgehead atoms. The van der Waals surface area contributed by atoms with Crippen LogP contribution < -0.4 is 10.6 Å². The van der Waals surface area contributed by atoms with Crippen LogP contribution in [0.1, 0.15) is 26.4 Å². The molecule has 2 aromatic heterocycles. The van der Waals surface area contributed by atoms with Gasteiger partial charge in [-0.05, 0) is 29.8 Å². The average Bonchev–Trinajstić information content (AvgIpc) is 2.73. The molecule has 2 aromatic rings. The predicted octanol–water partition coefficient (Wildman–Crippen LogP) is 0.469. The highest BCUT2D eigenvalue weighted by atomic mass is 16.5. The van der Waals surface area contributed by atoms with Gasteiger partial charge in [0.05, 0.1) is 13.2 Å². The lowest BCUT2D eigenvalue weighted by Crippen LogP contribution is -2.41. The van der Waals surface area contributed by atoms with Crippen LogP contribution in [-0.2, 0) is 11.3 Å². The molecule has 142 valence electrons. The van der Waals surface area contributed by atoms with E-state index < -0.39 is 0 Å². The Morgan fingerprint density at radius 3 is 2.59 bits per heavy atom. The highest BCUT2D eigenvalue weighted by Crippen LogP contribution is 2.04. The van der Waals surface area contributed by atoms with Crippen LogP contribution >= 0.6 is 0 Å². The topological polar surface area (TPSA) is 96.5 Å². The maximum atomic E-state index is 12.3. The van der Waals surface area contributed by atoms with E-state index in [1.807, 2.05) is 12.1 Å². The van der Waals surface area contributed by atoms with E-state index in [1.54, 1.807) is 18.5 Å². The summed E-state index contributed by atoms with van der Waals surface area (Å²) in [6.45, 7) is 4.93. The fourth-order valence-corrected chi connectivity index (χ4v) is 2.72. The molecule has 1 aliphatic heterocycles. The number of hydrogen-bond donors (Lipinski definition) is 2. The van der Waals surface area contributed by atoms with Gasteiger partial charge in [0.25, 0.3) is 11.8 Å². The maximum Gasteiger partial charge on any atom is 0.270 e. The van der Waals surface area contributed by atoms with Gasteiger partial charge in [-0.1, -0.05) is 0 Å². The second kappa shape index (κ2) is 9.75. The van der Waals surface area contributed by atoms with E-state index in [4.69, 9.17) is 4.74 Å². The molecule has 3 rings (SSSR count). The number of ether oxygens (including phenoxy) is 1. The summed E-state index contributed by atoms with van der Waals surface area (Å²) in [5, 5.41) is 5.67. The normalized spacial score (nSPS) is 14.5. The molecule has 0 aliphatic carbocycles. The number of nitrogens with one attached hydrogen (secondary N) is 2. The van der Waals surface area contributed by atoms with Crippen LogP contribution in [0.15, 0.2) is 42.9 Å². The van der Waals surface area contributed by atoms with Gasteiger partial charge >= 0.3 is 0 Å². The van der Waals surface area contributed by atoms with Crippen molar-refractivity contribution < 1.29 is 14.3 Å². The van der Waals surface area contributed by atoms with Gasteiger partial charge in [0.1, 0.15) is 5.69 Å². The maximum absolute atomic E-state index is 12.3. The van der Waals surface area contributed by atoms with Crippen molar-refractivity contribution in [1.82, 2.24) is 25.5 Å². The Kier molecular flexibility index (Phi) is 6.84. The number of nitrogens with zero attached hydrogens (tertiary/aromatic N) is 3. The molecule has 0 spiro atoms. The molecule has 2 N–H and O–H groups in total. The molecule has 0 saturated carbocycles. The summed E-state index contributed by atoms with van der Waals surface area (Å²) in [6, 6.07) is 6.76. The molecule has 0 aromatic carbocycles. The fraction of sp³-hybridized carbons (Fsp3) is 0.368. The summed E-state index contributed by atoms with van der Waals surface area (Å²) >= 11 is 0. The molecule has 8 heteroatoms. The molecule has 0 radical (unpaired) electrons. The zero-order valence-electron chi connectivity index (χ0n) is 15.1. The molecule has 2 amide bonds. The van der Waals surface area contributed by atoms with Crippen LogP contribution in [0, 0.1) is 0 Å². The number of pyridine rings is 2. The van der Waals surface area contributed by atoms with E-state index in [1.165, 1.54) is 12.3 Å². The number of carbonyl (C=O) groups excluding carboxylic acids is 2. The van der Waals surface area contributed by atoms with E-state index in [9.17, 15) is 9.59 Å². The lowest BCUT2D eigenvalue weighted by atomic mass is 10.2. The molecular formula is C19H23N5O3. The molecular weight excluding hydrogens is 346 g/mol. The largest absolute Gasteiger partial charge is 0.379 e. The summed E-state index contributed by atoms with van der Waals surface area (Å²) in [7, 11) is 0. The third-order valence-electron chi connectivity index (χ3n) is 4.27. The van der Waals surface area contributed by atoms with Crippen molar-refractivity contribution in [1.29, 1.82) is 0 Å². The van der Waals surface area contributed by atoms with Gasteiger partial charge in [0.2, 0.25) is 0 Å². The SMILES string of the molecule is O=C(NCCN1CCOCC1)c1ccnc(C(=O)NCc2ccncc2)c1. The van der Waals surface area contributed by atoms with Crippen molar-refractivity contribution in [3.63, 3.8) is 0 Å². The number of carbonyl (C=O) groups is 2. The minimum atomic E-state index is -0.324. The van der Waals surface area contributed by atoms with Crippen molar-refractivity contribution in [3.8, 4) is 0 Å². The fourth-order valence-electron chi connectivity index (χ4n) is 2.72. The first-order chi connectivity index (χ1) is 13.2. The second-order valence-electron chi connectivity index (χ2n) is 6.18. The molecule has 3 heterocycles. The molecule has 8 nitrogen and oxygen atoms in total. The number of hydrogen-bond acceptors (Lipinski definition) is 6. The Morgan fingerprint density at radius 2 is 1.81 bits per heavy atom. The number of amides is 2. The molecule has 27 heavy (non-hydrogen) atoms. The smallest absolute Gasteiger partial charge is 0.270 e. The van der Waals surface area contributed by atoms with Crippen LogP contribution in [0.5, 0.6) is 0 Å². The van der Waals surface area contributed by atoms with E-state index in [0.29, 0.717) is 18.7 Å². The standard InChI is InChI=1S/C19H23N5O3/c25-18(22-7-8-24-9-11-27-12-10-24)16-3-6-21-17(13-16)19(26)23-14-15-1-4-20-5-2-15/h1-6,13H,7-12,14H2,(H,22,25)(H,23,26). The van der Waals surface area contributed by atoms with Crippen molar-refractivity contribution >= 4 is 11.8 Å². The Bertz CT molecular complexity index is 763. The Labute approximate surface area is 158 Å². The predicted molar refractivity (Wildman–Crippen MR) is 99.2 cm³/mol. The molecule has 1 fully saturated rings. The number of aromatic nitrogens is 2. The molecule has 0 unspecified atom stereocenters. The van der Waals surface area contributed by atoms with Gasteiger partial charge in [-0.25, -0.2) is 0 Å². The van der Waals surface area contributed by atoms with E-state index in [-0.39, 0.29) is 17.5 Å². The van der Waals surface area contributed by atoms with Gasteiger partial charge in [-0.2, -0.15) is 0 Å². The summed E-state index contributed by atoms with van der Waals surface area (Å²) in [4.78, 5) is 34.8. The minimum Gasteiger partial charge on any atom is -0.379 e. The van der Waals surface area contributed by atoms with Crippen LogP contribution in [-0.4, -0.2) is 66.1 Å². The zero-order chi connectivity index (χ0) is 18.9. The van der Waals surface area contributed by atoms with Gasteiger partial charge < -0.3 is 15.4 Å². The van der Waals surface area contributed by atoms with Crippen LogP contribution in [0.3, 0.4) is 0 Å². The van der Waals surface area contributed by atoms with Crippen molar-refractivity contribution in [3.05, 3.63) is 59.7 Å². The van der Waals surface area contributed by atoms with Crippen LogP contribution in [0.4, 0.5) is 0 Å². The van der Waals surface area contributed by atoms with E-state index in [2.05, 4.69) is 25.5 Å². The van der Waals surface area contributed by atoms with Gasteiger partial charge in [0.15, 0.2) is 0 Å². The first-order valence-corrected chi connectivity index (χ1v) is 8.94. The number of rotatable bonds is 7. The van der Waals surface area contributed by atoms with Crippen LogP contribution in [0.25, 0.3) is 0 Å². The Morgan fingerprint density at radius 1 is 1.04 bits per heavy atom. The van der Waals surface area contributed by atoms with Crippen molar-refractivity contribution in [2.24, 2.45) is 0 Å². The lowest BCUT2D eigenvalue weighted by molar-refractivity contribution is 0.0383. The second-order valence-corrected chi connectivity index (χ2v) is 6.18. The Balaban J connectivity index is 1.49. The van der Waals surface area contributed by atoms with E-state index >= 15 is 0 Å². The first-order valence-electron chi connectivity index (χ1n) is 8.94. The first kappa shape index (κ1) is 18.9. The third kappa shape index (κ3) is 5.83. The zero-order valence-corrected chi connectivity index (χ0v) is 15.1. The van der Waals surface area contributed by atoms with Crippen molar-refractivity contribution in [2.45, 2.75) is 6.54 Å². The summed E-state index contributed by atoms with van der Waals surface area (Å²) in [5.74, 6) is -0.538. The molecule has 1 aliphatic rings. The monoisotopic (exact) mass is 369 g/mol. The summed E-state index contributed by atoms with van der Waals surface area (Å²) in [5.41, 5.74) is 1.57. The highest BCUT2D eigenvalue weighted by molar-refractivity contribution is 5.98. The molecule has 1 saturated heterocycles. The van der Waals surface area contributed by atoms with Crippen molar-refractivity contribution in [2.75, 3.05) is 39.4 Å². The van der Waals surface area contributed by atoms with Gasteiger partial charge in [0, 0.05) is 56.9 Å². The molecule has 0 atom stereocenters. The summed E-state index contributed by atoms with van der Waals surface area (Å²) < 4.78 is 5.30. The average molecular weight is 369 g/mol. The van der Waals surface area contributed by atoms with Gasteiger partial charge in [-0.3, -0.25) is 24.5 Å². The highest BCUT2D eigenvalue weighted by Gasteiger charge is 2.13. The van der Waals surface area contributed by atoms with Crippen LogP contribution in [0.2, 0.25) is 0 Å². The third-order valence-corrected chi connectivity index (χ3v) is 4.27. The Hall–Kier alpha value is -2.84. The minimum absolute atomic E-state index is 0.213. The lowest BCUT2D eigenvalue weighted by Gasteiger charge is -2.26. The quantitative estimate of drug-likeness (QED) is 0.736.